The number of aromatic nitrogens is 2. The van der Waals surface area contributed by atoms with Gasteiger partial charge in [0.1, 0.15) is 11.6 Å². The third kappa shape index (κ3) is 1.79. The summed E-state index contributed by atoms with van der Waals surface area (Å²) in [6, 6.07) is 0. The van der Waals surface area contributed by atoms with Crippen LogP contribution in [-0.4, -0.2) is 15.7 Å². The minimum Gasteiger partial charge on any atom is -0.383 e. The maximum absolute atomic E-state index is 6.02. The summed E-state index contributed by atoms with van der Waals surface area (Å²) in [6.07, 6.45) is 7.20. The van der Waals surface area contributed by atoms with Gasteiger partial charge in [-0.2, -0.15) is 11.8 Å². The Hall–Kier alpha value is -0.770. The molecule has 1 aliphatic heterocycles. The predicted octanol–water partition coefficient (Wildman–Crippen LogP) is 2.51. The number of anilines is 1. The van der Waals surface area contributed by atoms with Crippen molar-refractivity contribution >= 4 is 17.6 Å². The smallest absolute Gasteiger partial charge is 0.143 e. The number of nitrogens with zero attached hydrogens (tertiary/aromatic N) is 2. The summed E-state index contributed by atoms with van der Waals surface area (Å²) in [7, 11) is 0. The van der Waals surface area contributed by atoms with Gasteiger partial charge in [0.25, 0.3) is 0 Å². The summed E-state index contributed by atoms with van der Waals surface area (Å²) < 4.78 is 0. The minimum absolute atomic E-state index is 0.488. The Bertz CT molecular complexity index is 399. The van der Waals surface area contributed by atoms with E-state index >= 15 is 0 Å². The molecule has 0 amide bonds. The van der Waals surface area contributed by atoms with Gasteiger partial charge in [-0.05, 0) is 37.9 Å². The monoisotopic (exact) mass is 235 g/mol. The van der Waals surface area contributed by atoms with Crippen LogP contribution in [0.5, 0.6) is 0 Å². The largest absolute Gasteiger partial charge is 0.383 e. The van der Waals surface area contributed by atoms with E-state index in [1.165, 1.54) is 42.7 Å². The van der Waals surface area contributed by atoms with Crippen LogP contribution in [0.2, 0.25) is 0 Å². The molecule has 0 bridgehead atoms. The standard InChI is InChI=1S/C12H17N3S/c13-11-8-4-3-5-9(8)14-12(15-11)10-6-1-2-7-16-10/h10H,1-7H2,(H2,13,14,15). The van der Waals surface area contributed by atoms with Crippen molar-refractivity contribution in [3.05, 3.63) is 17.1 Å². The van der Waals surface area contributed by atoms with Crippen molar-refractivity contribution in [3.63, 3.8) is 0 Å². The summed E-state index contributed by atoms with van der Waals surface area (Å²) in [6.45, 7) is 0. The highest BCUT2D eigenvalue weighted by Crippen LogP contribution is 2.38. The van der Waals surface area contributed by atoms with Gasteiger partial charge < -0.3 is 5.73 Å². The minimum atomic E-state index is 0.488. The SMILES string of the molecule is Nc1nc(C2CCCCS2)nc2c1CCC2. The highest BCUT2D eigenvalue weighted by Gasteiger charge is 2.23. The number of fused-ring (bicyclic) bond motifs is 1. The second kappa shape index (κ2) is 4.24. The molecule has 86 valence electrons. The first-order valence-corrected chi connectivity index (χ1v) is 7.16. The molecule has 1 saturated heterocycles. The first kappa shape index (κ1) is 10.4. The van der Waals surface area contributed by atoms with Crippen molar-refractivity contribution in [1.82, 2.24) is 9.97 Å². The van der Waals surface area contributed by atoms with Crippen LogP contribution in [0.15, 0.2) is 0 Å². The van der Waals surface area contributed by atoms with Crippen LogP contribution in [0.3, 0.4) is 0 Å². The molecule has 1 unspecified atom stereocenters. The molecular formula is C12H17N3S. The van der Waals surface area contributed by atoms with Crippen molar-refractivity contribution in [2.75, 3.05) is 11.5 Å². The zero-order valence-corrected chi connectivity index (χ0v) is 10.2. The number of aryl methyl sites for hydroxylation is 1. The summed E-state index contributed by atoms with van der Waals surface area (Å²) >= 11 is 1.99. The number of hydrogen-bond acceptors (Lipinski definition) is 4. The molecule has 0 spiro atoms. The highest BCUT2D eigenvalue weighted by atomic mass is 32.2. The van der Waals surface area contributed by atoms with Crippen LogP contribution < -0.4 is 5.73 Å². The van der Waals surface area contributed by atoms with E-state index in [9.17, 15) is 0 Å². The van der Waals surface area contributed by atoms with E-state index in [-0.39, 0.29) is 0 Å². The lowest BCUT2D eigenvalue weighted by Crippen LogP contribution is -2.11. The van der Waals surface area contributed by atoms with Gasteiger partial charge in [-0.15, -0.1) is 0 Å². The lowest BCUT2D eigenvalue weighted by atomic mass is 10.1. The Morgan fingerprint density at radius 2 is 2.06 bits per heavy atom. The van der Waals surface area contributed by atoms with E-state index in [0.717, 1.165) is 24.5 Å². The maximum Gasteiger partial charge on any atom is 0.143 e. The van der Waals surface area contributed by atoms with Crippen LogP contribution >= 0.6 is 11.8 Å². The second-order valence-corrected chi connectivity index (χ2v) is 5.91. The van der Waals surface area contributed by atoms with E-state index in [1.54, 1.807) is 0 Å². The lowest BCUT2D eigenvalue weighted by Gasteiger charge is -2.20. The first-order valence-electron chi connectivity index (χ1n) is 6.11. The molecule has 0 radical (unpaired) electrons. The molecule has 0 aromatic carbocycles. The number of thioether (sulfide) groups is 1. The molecule has 1 aliphatic carbocycles. The van der Waals surface area contributed by atoms with Gasteiger partial charge in [-0.1, -0.05) is 6.42 Å². The summed E-state index contributed by atoms with van der Waals surface area (Å²) in [5.41, 5.74) is 8.45. The molecule has 3 rings (SSSR count). The average Bonchev–Trinajstić information content (AvgIpc) is 2.79. The Kier molecular flexibility index (Phi) is 2.75. The topological polar surface area (TPSA) is 51.8 Å². The molecule has 1 fully saturated rings. The van der Waals surface area contributed by atoms with Crippen LogP contribution in [0.1, 0.15) is 48.0 Å². The number of nitrogens with two attached hydrogens (primary N) is 1. The molecule has 3 nitrogen and oxygen atoms in total. The molecule has 4 heteroatoms. The molecule has 1 aromatic rings. The quantitative estimate of drug-likeness (QED) is 0.812. The maximum atomic E-state index is 6.02. The van der Waals surface area contributed by atoms with E-state index in [0.29, 0.717) is 5.25 Å². The second-order valence-electron chi connectivity index (χ2n) is 4.60. The van der Waals surface area contributed by atoms with Crippen LogP contribution in [0.25, 0.3) is 0 Å². The van der Waals surface area contributed by atoms with E-state index in [2.05, 4.69) is 4.98 Å². The van der Waals surface area contributed by atoms with Gasteiger partial charge in [-0.3, -0.25) is 0 Å². The lowest BCUT2D eigenvalue weighted by molar-refractivity contribution is 0.660. The molecule has 1 atom stereocenters. The molecular weight excluding hydrogens is 218 g/mol. The fraction of sp³-hybridized carbons (Fsp3) is 0.667. The Morgan fingerprint density at radius 1 is 1.12 bits per heavy atom. The molecule has 2 heterocycles. The van der Waals surface area contributed by atoms with Gasteiger partial charge in [0.15, 0.2) is 0 Å². The number of rotatable bonds is 1. The fourth-order valence-electron chi connectivity index (χ4n) is 2.57. The summed E-state index contributed by atoms with van der Waals surface area (Å²) in [4.78, 5) is 9.24. The zero-order chi connectivity index (χ0) is 11.0. The molecule has 2 aliphatic rings. The molecule has 2 N–H and O–H groups in total. The number of nitrogen functional groups attached to an aromatic ring is 1. The molecule has 1 aromatic heterocycles. The van der Waals surface area contributed by atoms with Crippen LogP contribution in [-0.2, 0) is 12.8 Å². The van der Waals surface area contributed by atoms with Crippen LogP contribution in [0, 0.1) is 0 Å². The highest BCUT2D eigenvalue weighted by molar-refractivity contribution is 7.99. The van der Waals surface area contributed by atoms with Gasteiger partial charge in [0.2, 0.25) is 0 Å². The zero-order valence-electron chi connectivity index (χ0n) is 9.41. The molecule has 16 heavy (non-hydrogen) atoms. The fourth-order valence-corrected chi connectivity index (χ4v) is 3.81. The van der Waals surface area contributed by atoms with Gasteiger partial charge in [-0.25, -0.2) is 9.97 Å². The third-order valence-electron chi connectivity index (χ3n) is 3.45. The van der Waals surface area contributed by atoms with Gasteiger partial charge in [0, 0.05) is 11.3 Å². The van der Waals surface area contributed by atoms with Crippen molar-refractivity contribution in [3.8, 4) is 0 Å². The normalized spacial score (nSPS) is 24.4. The Balaban J connectivity index is 1.92. The first-order chi connectivity index (χ1) is 7.84. The Labute approximate surface area is 100 Å². The van der Waals surface area contributed by atoms with E-state index in [4.69, 9.17) is 10.7 Å². The summed E-state index contributed by atoms with van der Waals surface area (Å²) in [5.74, 6) is 2.97. The van der Waals surface area contributed by atoms with Crippen molar-refractivity contribution in [1.29, 1.82) is 0 Å². The van der Waals surface area contributed by atoms with Gasteiger partial charge >= 0.3 is 0 Å². The molecule has 0 saturated carbocycles. The van der Waals surface area contributed by atoms with E-state index < -0.39 is 0 Å². The summed E-state index contributed by atoms with van der Waals surface area (Å²) in [5, 5.41) is 0.488. The van der Waals surface area contributed by atoms with Crippen molar-refractivity contribution < 1.29 is 0 Å². The predicted molar refractivity (Wildman–Crippen MR) is 67.5 cm³/mol. The van der Waals surface area contributed by atoms with Gasteiger partial charge in [0.05, 0.1) is 5.25 Å². The number of hydrogen-bond donors (Lipinski definition) is 1. The third-order valence-corrected chi connectivity index (χ3v) is 4.82. The van der Waals surface area contributed by atoms with Crippen molar-refractivity contribution in [2.24, 2.45) is 0 Å². The Morgan fingerprint density at radius 3 is 2.88 bits per heavy atom. The van der Waals surface area contributed by atoms with E-state index in [1.807, 2.05) is 11.8 Å². The average molecular weight is 235 g/mol. The van der Waals surface area contributed by atoms with Crippen molar-refractivity contribution in [2.45, 2.75) is 43.8 Å². The van der Waals surface area contributed by atoms with Crippen LogP contribution in [0.4, 0.5) is 5.82 Å².